The summed E-state index contributed by atoms with van der Waals surface area (Å²) in [6.07, 6.45) is 0.781. The van der Waals surface area contributed by atoms with Crippen LogP contribution < -0.4 is 0 Å². The Morgan fingerprint density at radius 1 is 1.62 bits per heavy atom. The minimum Gasteiger partial charge on any atom is -0.396 e. The maximum absolute atomic E-state index is 13.2. The van der Waals surface area contributed by atoms with Crippen molar-refractivity contribution >= 4 is 0 Å². The Kier molecular flexibility index (Phi) is 2.98. The summed E-state index contributed by atoms with van der Waals surface area (Å²) in [4.78, 5) is 0. The van der Waals surface area contributed by atoms with Gasteiger partial charge in [-0.1, -0.05) is 0 Å². The van der Waals surface area contributed by atoms with Crippen LogP contribution in [0.2, 0.25) is 0 Å². The summed E-state index contributed by atoms with van der Waals surface area (Å²) in [6, 6.07) is 1.28. The molecule has 1 aromatic rings. The molecule has 0 aliphatic carbocycles. The average Bonchev–Trinajstić information content (AvgIpc) is 2.51. The Morgan fingerprint density at radius 3 is 2.85 bits per heavy atom. The minimum absolute atomic E-state index is 0.135. The van der Waals surface area contributed by atoms with Crippen LogP contribution >= 0.6 is 0 Å². The Morgan fingerprint density at radius 2 is 2.31 bits per heavy atom. The lowest BCUT2D eigenvalue weighted by Crippen LogP contribution is -2.20. The minimum atomic E-state index is -2.98. The van der Waals surface area contributed by atoms with Crippen LogP contribution in [0.3, 0.4) is 0 Å². The molecule has 1 N–H and O–H groups in total. The van der Waals surface area contributed by atoms with E-state index in [0.717, 1.165) is 0 Å². The lowest BCUT2D eigenvalue weighted by atomic mass is 10.2. The van der Waals surface area contributed by atoms with Gasteiger partial charge >= 0.3 is 0 Å². The highest BCUT2D eigenvalue weighted by Gasteiger charge is 2.33. The standard InChI is InChI=1S/C8H12F2N2O/c1-2-12-7(3-5-11-12)8(9,10)4-6-13/h3,5,13H,2,4,6H2,1H3. The van der Waals surface area contributed by atoms with E-state index in [-0.39, 0.29) is 5.69 Å². The lowest BCUT2D eigenvalue weighted by Gasteiger charge is -2.15. The van der Waals surface area contributed by atoms with Crippen molar-refractivity contribution in [3.63, 3.8) is 0 Å². The van der Waals surface area contributed by atoms with Gasteiger partial charge in [0.2, 0.25) is 0 Å². The fourth-order valence-corrected chi connectivity index (χ4v) is 1.16. The molecule has 0 fully saturated rings. The van der Waals surface area contributed by atoms with Crippen LogP contribution in [-0.4, -0.2) is 21.5 Å². The summed E-state index contributed by atoms with van der Waals surface area (Å²) in [5.41, 5.74) is -0.135. The van der Waals surface area contributed by atoms with Crippen molar-refractivity contribution in [1.82, 2.24) is 9.78 Å². The largest absolute Gasteiger partial charge is 0.396 e. The number of aliphatic hydroxyl groups excluding tert-OH is 1. The number of hydrogen-bond acceptors (Lipinski definition) is 2. The number of hydrogen-bond donors (Lipinski definition) is 1. The van der Waals surface area contributed by atoms with Crippen molar-refractivity contribution in [3.05, 3.63) is 18.0 Å². The number of halogens is 2. The third-order valence-electron chi connectivity index (χ3n) is 1.82. The highest BCUT2D eigenvalue weighted by Crippen LogP contribution is 2.30. The molecular formula is C8H12F2N2O. The maximum Gasteiger partial charge on any atom is 0.291 e. The first kappa shape index (κ1) is 10.1. The molecule has 0 atom stereocenters. The predicted octanol–water partition coefficient (Wildman–Crippen LogP) is 1.38. The SMILES string of the molecule is CCn1nccc1C(F)(F)CCO. The van der Waals surface area contributed by atoms with E-state index in [1.54, 1.807) is 6.92 Å². The molecule has 0 spiro atoms. The van der Waals surface area contributed by atoms with Crippen molar-refractivity contribution in [2.45, 2.75) is 25.8 Å². The first-order chi connectivity index (χ1) is 6.11. The van der Waals surface area contributed by atoms with Crippen molar-refractivity contribution in [3.8, 4) is 0 Å². The zero-order valence-corrected chi connectivity index (χ0v) is 7.37. The zero-order chi connectivity index (χ0) is 9.90. The number of nitrogens with zero attached hydrogens (tertiary/aromatic N) is 2. The molecule has 0 unspecified atom stereocenters. The van der Waals surface area contributed by atoms with E-state index < -0.39 is 19.0 Å². The predicted molar refractivity (Wildman–Crippen MR) is 43.5 cm³/mol. The molecule has 1 aromatic heterocycles. The van der Waals surface area contributed by atoms with Gasteiger partial charge in [0.25, 0.3) is 5.92 Å². The van der Waals surface area contributed by atoms with Crippen LogP contribution in [0.1, 0.15) is 19.0 Å². The number of aliphatic hydroxyl groups is 1. The molecular weight excluding hydrogens is 178 g/mol. The number of alkyl halides is 2. The van der Waals surface area contributed by atoms with Crippen LogP contribution in [0.4, 0.5) is 8.78 Å². The van der Waals surface area contributed by atoms with Crippen LogP contribution in [0.15, 0.2) is 12.3 Å². The molecule has 13 heavy (non-hydrogen) atoms. The van der Waals surface area contributed by atoms with Gasteiger partial charge in [-0.25, -0.2) is 0 Å². The van der Waals surface area contributed by atoms with Gasteiger partial charge < -0.3 is 5.11 Å². The second-order valence-electron chi connectivity index (χ2n) is 2.71. The van der Waals surface area contributed by atoms with Crippen LogP contribution in [0.25, 0.3) is 0 Å². The normalized spacial score (nSPS) is 12.0. The third kappa shape index (κ3) is 2.03. The monoisotopic (exact) mass is 190 g/mol. The highest BCUT2D eigenvalue weighted by atomic mass is 19.3. The Balaban J connectivity index is 2.91. The summed E-state index contributed by atoms with van der Waals surface area (Å²) in [5.74, 6) is -2.98. The number of aryl methyl sites for hydroxylation is 1. The first-order valence-electron chi connectivity index (χ1n) is 4.12. The summed E-state index contributed by atoms with van der Waals surface area (Å²) < 4.78 is 27.7. The molecule has 1 rings (SSSR count). The smallest absolute Gasteiger partial charge is 0.291 e. The van der Waals surface area contributed by atoms with E-state index >= 15 is 0 Å². The quantitative estimate of drug-likeness (QED) is 0.778. The number of rotatable bonds is 4. The third-order valence-corrected chi connectivity index (χ3v) is 1.82. The van der Waals surface area contributed by atoms with Crippen molar-refractivity contribution in [2.24, 2.45) is 0 Å². The summed E-state index contributed by atoms with van der Waals surface area (Å²) in [6.45, 7) is 1.62. The summed E-state index contributed by atoms with van der Waals surface area (Å²) in [5, 5.41) is 12.2. The van der Waals surface area contributed by atoms with Gasteiger partial charge in [-0.15, -0.1) is 0 Å². The van der Waals surface area contributed by atoms with Gasteiger partial charge in [0.15, 0.2) is 0 Å². The molecule has 1 heterocycles. The molecule has 74 valence electrons. The summed E-state index contributed by atoms with van der Waals surface area (Å²) in [7, 11) is 0. The van der Waals surface area contributed by atoms with E-state index in [1.807, 2.05) is 0 Å². The van der Waals surface area contributed by atoms with E-state index in [1.165, 1.54) is 16.9 Å². The van der Waals surface area contributed by atoms with Gasteiger partial charge in [0.05, 0.1) is 0 Å². The van der Waals surface area contributed by atoms with Gasteiger partial charge in [0.1, 0.15) is 5.69 Å². The van der Waals surface area contributed by atoms with Gasteiger partial charge in [-0.05, 0) is 13.0 Å². The second-order valence-corrected chi connectivity index (χ2v) is 2.71. The summed E-state index contributed by atoms with van der Waals surface area (Å²) >= 11 is 0. The topological polar surface area (TPSA) is 38.0 Å². The van der Waals surface area contributed by atoms with Crippen LogP contribution in [-0.2, 0) is 12.5 Å². The molecule has 0 aliphatic heterocycles. The van der Waals surface area contributed by atoms with E-state index in [0.29, 0.717) is 6.54 Å². The van der Waals surface area contributed by atoms with E-state index in [4.69, 9.17) is 5.11 Å². The van der Waals surface area contributed by atoms with E-state index in [2.05, 4.69) is 5.10 Å². The fourth-order valence-electron chi connectivity index (χ4n) is 1.16. The highest BCUT2D eigenvalue weighted by molar-refractivity contribution is 5.08. The lowest BCUT2D eigenvalue weighted by molar-refractivity contribution is -0.0349. The fraction of sp³-hybridized carbons (Fsp3) is 0.625. The molecule has 0 aromatic carbocycles. The first-order valence-corrected chi connectivity index (χ1v) is 4.12. The molecule has 0 radical (unpaired) electrons. The van der Waals surface area contributed by atoms with Gasteiger partial charge in [-0.3, -0.25) is 4.68 Å². The Labute approximate surface area is 75.0 Å². The molecule has 3 nitrogen and oxygen atoms in total. The zero-order valence-electron chi connectivity index (χ0n) is 7.37. The van der Waals surface area contributed by atoms with E-state index in [9.17, 15) is 8.78 Å². The molecule has 0 aliphatic rings. The molecule has 0 saturated carbocycles. The van der Waals surface area contributed by atoms with Crippen molar-refractivity contribution in [2.75, 3.05) is 6.61 Å². The Hall–Kier alpha value is -0.970. The molecule has 0 bridgehead atoms. The van der Waals surface area contributed by atoms with Crippen molar-refractivity contribution < 1.29 is 13.9 Å². The molecule has 0 amide bonds. The second kappa shape index (κ2) is 3.83. The van der Waals surface area contributed by atoms with Crippen molar-refractivity contribution in [1.29, 1.82) is 0 Å². The molecule has 5 heteroatoms. The Bertz CT molecular complexity index is 273. The van der Waals surface area contributed by atoms with Crippen LogP contribution in [0.5, 0.6) is 0 Å². The van der Waals surface area contributed by atoms with Gasteiger partial charge in [-0.2, -0.15) is 13.9 Å². The average molecular weight is 190 g/mol. The molecule has 0 saturated heterocycles. The number of aromatic nitrogens is 2. The maximum atomic E-state index is 13.2. The van der Waals surface area contributed by atoms with Crippen LogP contribution in [0, 0.1) is 0 Å². The van der Waals surface area contributed by atoms with Gasteiger partial charge in [0, 0.05) is 25.8 Å².